The molecule has 6 aromatic rings. The van der Waals surface area contributed by atoms with Crippen molar-refractivity contribution in [2.75, 3.05) is 0 Å². The van der Waals surface area contributed by atoms with E-state index in [2.05, 4.69) is 127 Å². The maximum absolute atomic E-state index is 6.48. The first-order valence-electron chi connectivity index (χ1n) is 16.9. The molecule has 2 atom stereocenters. The number of allylic oxidation sites excluding steroid dienone is 2. The Hall–Kier alpha value is -3.95. The quantitative estimate of drug-likeness (QED) is 0.124. The van der Waals surface area contributed by atoms with E-state index in [4.69, 9.17) is 14.8 Å². The Morgan fingerprint density at radius 1 is 0.917 bits per heavy atom. The van der Waals surface area contributed by atoms with E-state index in [0.29, 0.717) is 29.3 Å². The number of nitrogens with zero attached hydrogens (tertiary/aromatic N) is 4. The normalized spacial score (nSPS) is 16.7. The molecule has 248 valence electrons. The number of hydrogen-bond acceptors (Lipinski definition) is 3. The summed E-state index contributed by atoms with van der Waals surface area (Å²) in [6, 6.07) is 29.9. The Morgan fingerprint density at radius 3 is 2.46 bits per heavy atom. The zero-order chi connectivity index (χ0) is 33.0. The van der Waals surface area contributed by atoms with Gasteiger partial charge in [0.1, 0.15) is 5.82 Å². The minimum atomic E-state index is 0. The summed E-state index contributed by atoms with van der Waals surface area (Å²) in [5, 5.41) is 7.32. The Labute approximate surface area is 299 Å². The first-order valence-corrected chi connectivity index (χ1v) is 16.9. The predicted molar refractivity (Wildman–Crippen MR) is 192 cm³/mol. The van der Waals surface area contributed by atoms with E-state index in [9.17, 15) is 0 Å². The van der Waals surface area contributed by atoms with E-state index in [0.717, 1.165) is 45.4 Å². The van der Waals surface area contributed by atoms with Crippen LogP contribution >= 0.6 is 0 Å². The monoisotopic (exact) mass is 815 g/mol. The predicted octanol–water partition coefficient (Wildman–Crippen LogP) is 10.8. The van der Waals surface area contributed by atoms with Gasteiger partial charge in [-0.25, -0.2) is 4.98 Å². The molecule has 0 N–H and O–H groups in total. The van der Waals surface area contributed by atoms with E-state index in [1.54, 1.807) is 5.57 Å². The maximum Gasteiger partial charge on any atom is 2.00 e. The molecule has 3 heterocycles. The average molecular weight is 816 g/mol. The Balaban J connectivity index is 0.00000401. The van der Waals surface area contributed by atoms with E-state index < -0.39 is 0 Å². The van der Waals surface area contributed by atoms with Crippen molar-refractivity contribution < 1.29 is 25.8 Å². The third-order valence-electron chi connectivity index (χ3n) is 9.85. The first-order chi connectivity index (χ1) is 22.5. The van der Waals surface area contributed by atoms with Gasteiger partial charge in [0.25, 0.3) is 0 Å². The molecule has 0 bridgehead atoms. The second kappa shape index (κ2) is 13.2. The fraction of sp³-hybridized carbons (Fsp3) is 0.333. The van der Waals surface area contributed by atoms with Crippen LogP contribution in [0.5, 0.6) is 11.5 Å². The van der Waals surface area contributed by atoms with E-state index >= 15 is 0 Å². The van der Waals surface area contributed by atoms with Crippen LogP contribution in [0.2, 0.25) is 0 Å². The van der Waals surface area contributed by atoms with Crippen molar-refractivity contribution >= 4 is 21.8 Å². The van der Waals surface area contributed by atoms with Crippen molar-refractivity contribution in [2.24, 2.45) is 11.8 Å². The fourth-order valence-corrected chi connectivity index (χ4v) is 7.44. The summed E-state index contributed by atoms with van der Waals surface area (Å²) >= 11 is 0. The van der Waals surface area contributed by atoms with Crippen LogP contribution in [0.3, 0.4) is 0 Å². The molecule has 48 heavy (non-hydrogen) atoms. The van der Waals surface area contributed by atoms with Gasteiger partial charge in [-0.05, 0) is 78.8 Å². The molecule has 3 aromatic carbocycles. The van der Waals surface area contributed by atoms with E-state index in [1.165, 1.54) is 23.2 Å². The smallest absolute Gasteiger partial charge is 0.509 e. The molecule has 0 saturated carbocycles. The van der Waals surface area contributed by atoms with Crippen molar-refractivity contribution in [3.8, 4) is 23.0 Å². The number of para-hydroxylation sites is 1. The van der Waals surface area contributed by atoms with Crippen molar-refractivity contribution in [1.29, 1.82) is 0 Å². The molecule has 1 unspecified atom stereocenters. The standard InChI is InChI=1S/C42H44N4O.Pt/c1-26(2)34-17-11-13-27(3)40(34)41-28(4)44-46(29(41)5)31-14-12-15-32(24-31)47-33-19-20-36-35-16-9-10-18-37(35)45(38(36)25-33)39-23-30(21-22-43-39)42(6,7)8;/h9-10,12,14-23,26-27,40H,11,13H2,1-8H3;/q-2;+2/t27-,40?;/m0./s1. The summed E-state index contributed by atoms with van der Waals surface area (Å²) in [6.45, 7) is 18.0. The van der Waals surface area contributed by atoms with Crippen LogP contribution in [0.15, 0.2) is 84.6 Å². The Bertz CT molecular complexity index is 2140. The van der Waals surface area contributed by atoms with Crippen molar-refractivity contribution in [3.05, 3.63) is 119 Å². The minimum Gasteiger partial charge on any atom is -0.509 e. The number of aryl methyl sites for hydroxylation is 1. The van der Waals surface area contributed by atoms with Gasteiger partial charge in [-0.15, -0.1) is 35.7 Å². The van der Waals surface area contributed by atoms with Gasteiger partial charge in [0.05, 0.1) is 5.69 Å². The summed E-state index contributed by atoms with van der Waals surface area (Å²) in [6.07, 6.45) is 6.74. The third-order valence-corrected chi connectivity index (χ3v) is 9.85. The molecule has 0 radical (unpaired) electrons. The molecule has 0 amide bonds. The first kappa shape index (κ1) is 33.9. The van der Waals surface area contributed by atoms with Crippen molar-refractivity contribution in [1.82, 2.24) is 19.3 Å². The zero-order valence-corrected chi connectivity index (χ0v) is 31.4. The molecule has 0 aliphatic heterocycles. The van der Waals surface area contributed by atoms with Crippen LogP contribution in [-0.4, -0.2) is 19.3 Å². The number of benzene rings is 3. The maximum atomic E-state index is 6.48. The van der Waals surface area contributed by atoms with E-state index in [-0.39, 0.29) is 26.5 Å². The van der Waals surface area contributed by atoms with Gasteiger partial charge in [0.15, 0.2) is 0 Å². The van der Waals surface area contributed by atoms with Gasteiger partial charge < -0.3 is 9.30 Å². The van der Waals surface area contributed by atoms with Crippen LogP contribution in [0.4, 0.5) is 0 Å². The average Bonchev–Trinajstić information content (AvgIpc) is 3.53. The molecular formula is C42H44N4OPt. The number of hydrogen-bond donors (Lipinski definition) is 0. The molecule has 0 fully saturated rings. The molecule has 6 heteroatoms. The Kier molecular flexibility index (Phi) is 9.30. The molecule has 7 rings (SSSR count). The third kappa shape index (κ3) is 6.07. The van der Waals surface area contributed by atoms with Gasteiger partial charge >= 0.3 is 21.1 Å². The van der Waals surface area contributed by atoms with Gasteiger partial charge in [-0.3, -0.25) is 4.68 Å². The van der Waals surface area contributed by atoms with Gasteiger partial charge in [-0.2, -0.15) is 17.2 Å². The molecule has 0 saturated heterocycles. The number of pyridine rings is 1. The molecule has 0 spiro atoms. The SMILES string of the molecule is Cc1nn(-c2[c-]c(Oc3[c-]c4c(cc3)c3ccccc3n4-c3cc(C(C)(C)C)ccn3)ccc2)c(C)c1C1C(C(C)C)=CCC[C@@H]1C.[Pt+2]. The topological polar surface area (TPSA) is 44.9 Å². The van der Waals surface area contributed by atoms with Gasteiger partial charge in [0.2, 0.25) is 0 Å². The summed E-state index contributed by atoms with van der Waals surface area (Å²) in [7, 11) is 0. The van der Waals surface area contributed by atoms with Crippen LogP contribution in [-0.2, 0) is 26.5 Å². The molecule has 1 aliphatic carbocycles. The van der Waals surface area contributed by atoms with Crippen LogP contribution in [0, 0.1) is 37.8 Å². The summed E-state index contributed by atoms with van der Waals surface area (Å²) in [5.41, 5.74) is 9.27. The summed E-state index contributed by atoms with van der Waals surface area (Å²) in [5.74, 6) is 3.60. The molecule has 5 nitrogen and oxygen atoms in total. The summed E-state index contributed by atoms with van der Waals surface area (Å²) in [4.78, 5) is 4.81. The largest absolute Gasteiger partial charge is 2.00 e. The molecule has 3 aromatic heterocycles. The summed E-state index contributed by atoms with van der Waals surface area (Å²) < 4.78 is 10.7. The number of ether oxygens (including phenoxy) is 1. The fourth-order valence-electron chi connectivity index (χ4n) is 7.44. The second-order valence-electron chi connectivity index (χ2n) is 14.5. The second-order valence-corrected chi connectivity index (χ2v) is 14.5. The van der Waals surface area contributed by atoms with Crippen LogP contribution in [0.25, 0.3) is 33.3 Å². The number of fused-ring (bicyclic) bond motifs is 3. The van der Waals surface area contributed by atoms with Crippen LogP contribution in [0.1, 0.15) is 82.8 Å². The number of aromatic nitrogens is 4. The van der Waals surface area contributed by atoms with Gasteiger partial charge in [-0.1, -0.05) is 76.9 Å². The number of rotatable bonds is 6. The zero-order valence-electron chi connectivity index (χ0n) is 29.2. The minimum absolute atomic E-state index is 0. The van der Waals surface area contributed by atoms with Crippen molar-refractivity contribution in [2.45, 2.75) is 79.6 Å². The van der Waals surface area contributed by atoms with Gasteiger partial charge in [0, 0.05) is 40.4 Å². The molecule has 1 aliphatic rings. The molecular weight excluding hydrogens is 772 g/mol. The van der Waals surface area contributed by atoms with Crippen molar-refractivity contribution in [3.63, 3.8) is 0 Å². The van der Waals surface area contributed by atoms with E-state index in [1.807, 2.05) is 29.1 Å². The Morgan fingerprint density at radius 2 is 1.69 bits per heavy atom. The van der Waals surface area contributed by atoms with Crippen LogP contribution < -0.4 is 4.74 Å².